The molecular formula is C21H30BNO5. The highest BCUT2D eigenvalue weighted by Gasteiger charge is 2.52. The Hall–Kier alpha value is -1.41. The molecule has 7 heteroatoms. The lowest BCUT2D eigenvalue weighted by atomic mass is 9.76. The second kappa shape index (κ2) is 6.56. The fourth-order valence-corrected chi connectivity index (χ4v) is 4.18. The second-order valence-corrected chi connectivity index (χ2v) is 9.44. The summed E-state index contributed by atoms with van der Waals surface area (Å²) in [6, 6.07) is 3.90. The molecule has 1 amide bonds. The zero-order chi connectivity index (χ0) is 20.4. The van der Waals surface area contributed by atoms with E-state index in [1.165, 1.54) is 0 Å². The Balaban J connectivity index is 1.73. The fraction of sp³-hybridized carbons (Fsp3) is 0.667. The highest BCUT2D eigenvalue weighted by molar-refractivity contribution is 6.62. The third kappa shape index (κ3) is 3.09. The van der Waals surface area contributed by atoms with Gasteiger partial charge in [0, 0.05) is 12.6 Å². The Morgan fingerprint density at radius 3 is 2.36 bits per heavy atom. The van der Waals surface area contributed by atoms with Gasteiger partial charge in [-0.1, -0.05) is 12.1 Å². The van der Waals surface area contributed by atoms with Gasteiger partial charge < -0.3 is 24.4 Å². The van der Waals surface area contributed by atoms with Crippen LogP contribution in [-0.2, 0) is 15.9 Å². The van der Waals surface area contributed by atoms with Gasteiger partial charge >= 0.3 is 7.12 Å². The number of fused-ring (bicyclic) bond motifs is 1. The molecule has 0 bridgehead atoms. The lowest BCUT2D eigenvalue weighted by Gasteiger charge is -2.32. The van der Waals surface area contributed by atoms with Gasteiger partial charge in [-0.05, 0) is 70.0 Å². The van der Waals surface area contributed by atoms with E-state index in [-0.39, 0.29) is 11.9 Å². The van der Waals surface area contributed by atoms with E-state index < -0.39 is 31.0 Å². The van der Waals surface area contributed by atoms with Gasteiger partial charge in [-0.25, -0.2) is 0 Å². The molecule has 2 atom stereocenters. The monoisotopic (exact) mass is 387 g/mol. The largest absolute Gasteiger partial charge is 0.494 e. The number of benzene rings is 1. The number of aliphatic hydroxyl groups excluding tert-OH is 2. The number of amides is 1. The molecule has 2 aliphatic heterocycles. The fourth-order valence-electron chi connectivity index (χ4n) is 4.18. The zero-order valence-electron chi connectivity index (χ0n) is 17.4. The van der Waals surface area contributed by atoms with Crippen molar-refractivity contribution in [2.75, 3.05) is 6.61 Å². The molecule has 0 radical (unpaired) electrons. The van der Waals surface area contributed by atoms with Gasteiger partial charge in [-0.3, -0.25) is 4.79 Å². The standard InChI is InChI=1S/C21H30BNO5/c1-12(13-6-7-13)23-10-14-8-15(22-27-20(2,3)21(4,5)28-22)9-16(17(25)11-24)18(14)19(23)26/h8-9,12-13,17,24-25H,6-7,10-11H2,1-5H3. The van der Waals surface area contributed by atoms with Crippen LogP contribution in [0.4, 0.5) is 0 Å². The Kier molecular flexibility index (Phi) is 4.66. The quantitative estimate of drug-likeness (QED) is 0.753. The number of nitrogens with zero attached hydrogens (tertiary/aromatic N) is 1. The molecule has 152 valence electrons. The average Bonchev–Trinajstić information content (AvgIpc) is 3.38. The summed E-state index contributed by atoms with van der Waals surface area (Å²) in [7, 11) is -0.579. The lowest BCUT2D eigenvalue weighted by molar-refractivity contribution is 0.00578. The normalized spacial score (nSPS) is 25.2. The van der Waals surface area contributed by atoms with Crippen LogP contribution in [0.3, 0.4) is 0 Å². The predicted molar refractivity (Wildman–Crippen MR) is 106 cm³/mol. The van der Waals surface area contributed by atoms with E-state index in [0.29, 0.717) is 23.6 Å². The molecule has 1 aliphatic carbocycles. The SMILES string of the molecule is CC(C1CC1)N1Cc2cc(B3OC(C)(C)C(C)(C)O3)cc(C(O)CO)c2C1=O. The van der Waals surface area contributed by atoms with Gasteiger partial charge in [0.2, 0.25) is 0 Å². The van der Waals surface area contributed by atoms with Crippen LogP contribution in [-0.4, -0.2) is 52.0 Å². The maximum atomic E-state index is 13.1. The number of aliphatic hydroxyl groups is 2. The molecule has 1 aromatic carbocycles. The summed E-state index contributed by atoms with van der Waals surface area (Å²) in [6.45, 7) is 10.1. The summed E-state index contributed by atoms with van der Waals surface area (Å²) in [6.07, 6.45) is 1.20. The van der Waals surface area contributed by atoms with Gasteiger partial charge in [0.25, 0.3) is 5.91 Å². The Labute approximate surface area is 167 Å². The Morgan fingerprint density at radius 2 is 1.82 bits per heavy atom. The Bertz CT molecular complexity index is 788. The van der Waals surface area contributed by atoms with Crippen LogP contribution in [0.1, 0.15) is 75.0 Å². The molecule has 28 heavy (non-hydrogen) atoms. The van der Waals surface area contributed by atoms with Crippen molar-refractivity contribution >= 4 is 18.5 Å². The first kappa shape index (κ1) is 19.9. The highest BCUT2D eigenvalue weighted by atomic mass is 16.7. The number of carbonyl (C=O) groups is 1. The van der Waals surface area contributed by atoms with Gasteiger partial charge in [-0.15, -0.1) is 0 Å². The van der Waals surface area contributed by atoms with Crippen molar-refractivity contribution in [2.45, 2.75) is 77.4 Å². The van der Waals surface area contributed by atoms with Crippen LogP contribution in [0.5, 0.6) is 0 Å². The molecule has 0 aromatic heterocycles. The summed E-state index contributed by atoms with van der Waals surface area (Å²) in [5, 5.41) is 20.0. The van der Waals surface area contributed by atoms with Gasteiger partial charge in [0.1, 0.15) is 6.10 Å². The molecule has 3 aliphatic rings. The van der Waals surface area contributed by atoms with E-state index in [0.717, 1.165) is 23.9 Å². The van der Waals surface area contributed by atoms with E-state index in [1.807, 2.05) is 38.7 Å². The number of hydrogen-bond acceptors (Lipinski definition) is 5. The number of rotatable bonds is 5. The van der Waals surface area contributed by atoms with Crippen LogP contribution < -0.4 is 5.46 Å². The first-order valence-corrected chi connectivity index (χ1v) is 10.2. The van der Waals surface area contributed by atoms with Crippen LogP contribution in [0.15, 0.2) is 12.1 Å². The smallest absolute Gasteiger partial charge is 0.399 e. The van der Waals surface area contributed by atoms with E-state index in [4.69, 9.17) is 9.31 Å². The maximum absolute atomic E-state index is 13.1. The van der Waals surface area contributed by atoms with Crippen molar-refractivity contribution in [3.8, 4) is 0 Å². The van der Waals surface area contributed by atoms with Gasteiger partial charge in [0.15, 0.2) is 0 Å². The molecule has 6 nitrogen and oxygen atoms in total. The third-order valence-corrected chi connectivity index (χ3v) is 6.94. The van der Waals surface area contributed by atoms with E-state index in [1.54, 1.807) is 6.07 Å². The van der Waals surface area contributed by atoms with Crippen molar-refractivity contribution < 1.29 is 24.3 Å². The number of hydrogen-bond donors (Lipinski definition) is 2. The molecule has 2 unspecified atom stereocenters. The highest BCUT2D eigenvalue weighted by Crippen LogP contribution is 2.40. The van der Waals surface area contributed by atoms with Crippen molar-refractivity contribution in [3.05, 3.63) is 28.8 Å². The maximum Gasteiger partial charge on any atom is 0.494 e. The molecule has 1 saturated heterocycles. The zero-order valence-corrected chi connectivity index (χ0v) is 17.4. The number of carbonyl (C=O) groups excluding carboxylic acids is 1. The molecule has 1 saturated carbocycles. The van der Waals surface area contributed by atoms with Gasteiger partial charge in [-0.2, -0.15) is 0 Å². The molecule has 2 heterocycles. The van der Waals surface area contributed by atoms with E-state index in [2.05, 4.69) is 6.92 Å². The topological polar surface area (TPSA) is 79.2 Å². The van der Waals surface area contributed by atoms with Crippen LogP contribution in [0.2, 0.25) is 0 Å². The van der Waals surface area contributed by atoms with Crippen molar-refractivity contribution in [1.29, 1.82) is 0 Å². The van der Waals surface area contributed by atoms with Crippen LogP contribution in [0, 0.1) is 5.92 Å². The van der Waals surface area contributed by atoms with E-state index in [9.17, 15) is 15.0 Å². The van der Waals surface area contributed by atoms with Crippen molar-refractivity contribution in [3.63, 3.8) is 0 Å². The lowest BCUT2D eigenvalue weighted by Crippen LogP contribution is -2.41. The summed E-state index contributed by atoms with van der Waals surface area (Å²) >= 11 is 0. The predicted octanol–water partition coefficient (Wildman–Crippen LogP) is 1.77. The summed E-state index contributed by atoms with van der Waals surface area (Å²) in [5.41, 5.74) is 1.67. The van der Waals surface area contributed by atoms with E-state index >= 15 is 0 Å². The summed E-state index contributed by atoms with van der Waals surface area (Å²) in [4.78, 5) is 15.0. The molecular weight excluding hydrogens is 357 g/mol. The summed E-state index contributed by atoms with van der Waals surface area (Å²) in [5.74, 6) is 0.504. The van der Waals surface area contributed by atoms with Crippen molar-refractivity contribution in [2.24, 2.45) is 5.92 Å². The first-order chi connectivity index (χ1) is 13.1. The molecule has 1 aromatic rings. The minimum Gasteiger partial charge on any atom is -0.399 e. The van der Waals surface area contributed by atoms with Gasteiger partial charge in [0.05, 0.1) is 23.4 Å². The van der Waals surface area contributed by atoms with Crippen LogP contribution in [0.25, 0.3) is 0 Å². The van der Waals surface area contributed by atoms with Crippen molar-refractivity contribution in [1.82, 2.24) is 4.90 Å². The molecule has 4 rings (SSSR count). The first-order valence-electron chi connectivity index (χ1n) is 10.2. The average molecular weight is 387 g/mol. The Morgan fingerprint density at radius 1 is 1.21 bits per heavy atom. The minimum absolute atomic E-state index is 0.0580. The van der Waals surface area contributed by atoms with Crippen LogP contribution >= 0.6 is 0 Å². The second-order valence-electron chi connectivity index (χ2n) is 9.44. The molecule has 2 fully saturated rings. The molecule has 2 N–H and O–H groups in total. The third-order valence-electron chi connectivity index (χ3n) is 6.94. The molecule has 0 spiro atoms. The minimum atomic E-state index is -1.11. The summed E-state index contributed by atoms with van der Waals surface area (Å²) < 4.78 is 12.3.